The van der Waals surface area contributed by atoms with Gasteiger partial charge in [0.25, 0.3) is 0 Å². The highest BCUT2D eigenvalue weighted by atomic mass is 15.1. The zero-order chi connectivity index (χ0) is 8.48. The molecule has 11 heavy (non-hydrogen) atoms. The first kappa shape index (κ1) is 7.94. The van der Waals surface area contributed by atoms with Crippen molar-refractivity contribution in [1.29, 1.82) is 0 Å². The lowest BCUT2D eigenvalue weighted by Gasteiger charge is -2.16. The standard InChI is InChI=1S/C7H12N4/c1-7(2,9)5-3-4-6(8)11-10-5/h3-4H,9H2,1-2H3,(H2,8,11). The van der Waals surface area contributed by atoms with Crippen molar-refractivity contribution in [3.05, 3.63) is 17.8 Å². The quantitative estimate of drug-likeness (QED) is 0.604. The second-order valence-corrected chi connectivity index (χ2v) is 3.07. The Morgan fingerprint density at radius 1 is 1.27 bits per heavy atom. The van der Waals surface area contributed by atoms with Gasteiger partial charge in [0.15, 0.2) is 0 Å². The summed E-state index contributed by atoms with van der Waals surface area (Å²) in [6, 6.07) is 3.47. The maximum Gasteiger partial charge on any atom is 0.146 e. The average molecular weight is 152 g/mol. The summed E-state index contributed by atoms with van der Waals surface area (Å²) in [7, 11) is 0. The van der Waals surface area contributed by atoms with Gasteiger partial charge in [-0.25, -0.2) is 0 Å². The number of rotatable bonds is 1. The monoisotopic (exact) mass is 152 g/mol. The SMILES string of the molecule is CC(C)(N)c1ccc(N)nn1. The third kappa shape index (κ3) is 1.88. The molecule has 1 heterocycles. The van der Waals surface area contributed by atoms with Gasteiger partial charge in [0.05, 0.1) is 11.2 Å². The van der Waals surface area contributed by atoms with Crippen molar-refractivity contribution >= 4 is 5.82 Å². The largest absolute Gasteiger partial charge is 0.382 e. The van der Waals surface area contributed by atoms with Crippen LogP contribution in [0, 0.1) is 0 Å². The lowest BCUT2D eigenvalue weighted by molar-refractivity contribution is 0.527. The molecule has 0 amide bonds. The number of hydrogen-bond acceptors (Lipinski definition) is 4. The Morgan fingerprint density at radius 2 is 1.91 bits per heavy atom. The first-order chi connectivity index (χ1) is 5.00. The molecule has 1 aromatic rings. The van der Waals surface area contributed by atoms with Gasteiger partial charge in [-0.1, -0.05) is 0 Å². The van der Waals surface area contributed by atoms with Crippen molar-refractivity contribution in [1.82, 2.24) is 10.2 Å². The third-order valence-corrected chi connectivity index (χ3v) is 1.35. The van der Waals surface area contributed by atoms with E-state index in [1.165, 1.54) is 0 Å². The molecule has 0 unspecified atom stereocenters. The molecule has 0 aliphatic heterocycles. The minimum Gasteiger partial charge on any atom is -0.382 e. The van der Waals surface area contributed by atoms with Crippen LogP contribution in [0.1, 0.15) is 19.5 Å². The highest BCUT2D eigenvalue weighted by Crippen LogP contribution is 2.12. The zero-order valence-corrected chi connectivity index (χ0v) is 6.70. The maximum absolute atomic E-state index is 5.76. The van der Waals surface area contributed by atoms with Crippen molar-refractivity contribution in [2.45, 2.75) is 19.4 Å². The lowest BCUT2D eigenvalue weighted by atomic mass is 10.0. The van der Waals surface area contributed by atoms with E-state index in [9.17, 15) is 0 Å². The summed E-state index contributed by atoms with van der Waals surface area (Å²) in [6.07, 6.45) is 0. The van der Waals surface area contributed by atoms with E-state index in [1.807, 2.05) is 13.8 Å². The van der Waals surface area contributed by atoms with E-state index >= 15 is 0 Å². The van der Waals surface area contributed by atoms with Gasteiger partial charge in [0, 0.05) is 0 Å². The van der Waals surface area contributed by atoms with Crippen LogP contribution in [0.4, 0.5) is 5.82 Å². The second-order valence-electron chi connectivity index (χ2n) is 3.07. The Balaban J connectivity index is 2.99. The van der Waals surface area contributed by atoms with Gasteiger partial charge in [0.1, 0.15) is 5.82 Å². The predicted octanol–water partition coefficient (Wildman–Crippen LogP) is 0.253. The van der Waals surface area contributed by atoms with Gasteiger partial charge in [-0.2, -0.15) is 5.10 Å². The molecule has 0 fully saturated rings. The van der Waals surface area contributed by atoms with E-state index < -0.39 is 5.54 Å². The molecule has 0 spiro atoms. The van der Waals surface area contributed by atoms with Crippen LogP contribution in [0.2, 0.25) is 0 Å². The maximum atomic E-state index is 5.76. The Labute approximate surface area is 65.6 Å². The zero-order valence-electron chi connectivity index (χ0n) is 6.70. The number of hydrogen-bond donors (Lipinski definition) is 2. The second kappa shape index (κ2) is 2.47. The molecule has 0 aromatic carbocycles. The van der Waals surface area contributed by atoms with Crippen LogP contribution in [0.15, 0.2) is 12.1 Å². The number of aromatic nitrogens is 2. The molecule has 4 N–H and O–H groups in total. The Kier molecular flexibility index (Phi) is 1.78. The number of nitrogens with two attached hydrogens (primary N) is 2. The van der Waals surface area contributed by atoms with Crippen LogP contribution >= 0.6 is 0 Å². The molecular formula is C7H12N4. The average Bonchev–Trinajstić information content (AvgIpc) is 1.86. The smallest absolute Gasteiger partial charge is 0.146 e. The van der Waals surface area contributed by atoms with Gasteiger partial charge in [0.2, 0.25) is 0 Å². The topological polar surface area (TPSA) is 77.8 Å². The van der Waals surface area contributed by atoms with E-state index in [2.05, 4.69) is 10.2 Å². The van der Waals surface area contributed by atoms with Crippen LogP contribution in [0.25, 0.3) is 0 Å². The van der Waals surface area contributed by atoms with Crippen LogP contribution in [0.5, 0.6) is 0 Å². The Bertz CT molecular complexity index is 234. The summed E-state index contributed by atoms with van der Waals surface area (Å²) < 4.78 is 0. The molecule has 1 aromatic heterocycles. The van der Waals surface area contributed by atoms with Crippen molar-refractivity contribution in [3.63, 3.8) is 0 Å². The highest BCUT2D eigenvalue weighted by Gasteiger charge is 2.15. The molecule has 0 atom stereocenters. The number of nitrogens with zero attached hydrogens (tertiary/aromatic N) is 2. The fraction of sp³-hybridized carbons (Fsp3) is 0.429. The third-order valence-electron chi connectivity index (χ3n) is 1.35. The molecule has 0 aliphatic rings. The number of anilines is 1. The molecule has 0 saturated heterocycles. The molecule has 0 saturated carbocycles. The molecule has 4 heteroatoms. The van der Waals surface area contributed by atoms with Crippen molar-refractivity contribution in [3.8, 4) is 0 Å². The summed E-state index contributed by atoms with van der Waals surface area (Å²) >= 11 is 0. The van der Waals surface area contributed by atoms with Crippen molar-refractivity contribution < 1.29 is 0 Å². The first-order valence-corrected chi connectivity index (χ1v) is 3.39. The molecule has 0 bridgehead atoms. The van der Waals surface area contributed by atoms with Crippen LogP contribution in [0.3, 0.4) is 0 Å². The van der Waals surface area contributed by atoms with Gasteiger partial charge >= 0.3 is 0 Å². The molecule has 4 nitrogen and oxygen atoms in total. The van der Waals surface area contributed by atoms with Gasteiger partial charge in [-0.3, -0.25) is 0 Å². The lowest BCUT2D eigenvalue weighted by Crippen LogP contribution is -2.30. The van der Waals surface area contributed by atoms with Gasteiger partial charge in [-0.15, -0.1) is 5.10 Å². The fourth-order valence-corrected chi connectivity index (χ4v) is 0.686. The predicted molar refractivity (Wildman–Crippen MR) is 43.7 cm³/mol. The normalized spacial score (nSPS) is 11.5. The summed E-state index contributed by atoms with van der Waals surface area (Å²) in [5.74, 6) is 0.415. The van der Waals surface area contributed by atoms with E-state index in [0.717, 1.165) is 5.69 Å². The highest BCUT2D eigenvalue weighted by molar-refractivity contribution is 5.27. The Morgan fingerprint density at radius 3 is 2.27 bits per heavy atom. The van der Waals surface area contributed by atoms with Gasteiger partial charge < -0.3 is 11.5 Å². The summed E-state index contributed by atoms with van der Waals surface area (Å²) in [4.78, 5) is 0. The Hall–Kier alpha value is -1.16. The van der Waals surface area contributed by atoms with Crippen molar-refractivity contribution in [2.75, 3.05) is 5.73 Å². The van der Waals surface area contributed by atoms with Gasteiger partial charge in [-0.05, 0) is 26.0 Å². The number of nitrogen functional groups attached to an aromatic ring is 1. The first-order valence-electron chi connectivity index (χ1n) is 3.39. The van der Waals surface area contributed by atoms with E-state index in [0.29, 0.717) is 5.82 Å². The van der Waals surface area contributed by atoms with E-state index in [-0.39, 0.29) is 0 Å². The van der Waals surface area contributed by atoms with E-state index in [4.69, 9.17) is 11.5 Å². The minimum atomic E-state index is -0.444. The van der Waals surface area contributed by atoms with E-state index in [1.54, 1.807) is 12.1 Å². The molecule has 0 radical (unpaired) electrons. The summed E-state index contributed by atoms with van der Waals surface area (Å²) in [5.41, 5.74) is 11.4. The van der Waals surface area contributed by atoms with Crippen LogP contribution < -0.4 is 11.5 Å². The summed E-state index contributed by atoms with van der Waals surface area (Å²) in [6.45, 7) is 3.74. The van der Waals surface area contributed by atoms with Crippen LogP contribution in [-0.2, 0) is 5.54 Å². The molecule has 0 aliphatic carbocycles. The van der Waals surface area contributed by atoms with Crippen LogP contribution in [-0.4, -0.2) is 10.2 Å². The summed E-state index contributed by atoms with van der Waals surface area (Å²) in [5, 5.41) is 7.54. The molecule has 60 valence electrons. The van der Waals surface area contributed by atoms with Crippen molar-refractivity contribution in [2.24, 2.45) is 5.73 Å². The fourth-order valence-electron chi connectivity index (χ4n) is 0.686. The minimum absolute atomic E-state index is 0.415. The molecule has 1 rings (SSSR count). The molecular weight excluding hydrogens is 140 g/mol.